The highest BCUT2D eigenvalue weighted by molar-refractivity contribution is 5.81. The van der Waals surface area contributed by atoms with Gasteiger partial charge in [-0.05, 0) is 37.3 Å². The number of likely N-dealkylation sites (N-methyl/N-ethyl adjacent to an activating group) is 1. The molecule has 0 unspecified atom stereocenters. The van der Waals surface area contributed by atoms with Crippen LogP contribution in [0.3, 0.4) is 0 Å². The fourth-order valence-corrected chi connectivity index (χ4v) is 2.78. The molecule has 3 nitrogen and oxygen atoms in total. The van der Waals surface area contributed by atoms with Crippen LogP contribution in [0.15, 0.2) is 60.5 Å². The number of aliphatic hydroxyl groups is 1. The first-order valence-electron chi connectivity index (χ1n) is 7.60. The van der Waals surface area contributed by atoms with Gasteiger partial charge in [-0.1, -0.05) is 18.2 Å². The fraction of sp³-hybridized carbons (Fsp3) is 0.222. The summed E-state index contributed by atoms with van der Waals surface area (Å²) in [4.78, 5) is 3.43. The van der Waals surface area contributed by atoms with Crippen LogP contribution in [-0.2, 0) is 6.18 Å². The lowest BCUT2D eigenvalue weighted by Gasteiger charge is -2.27. The maximum Gasteiger partial charge on any atom is 0.416 e. The number of hydrogen-bond acceptors (Lipinski definition) is 3. The molecule has 3 rings (SSSR count). The molecule has 24 heavy (non-hydrogen) atoms. The summed E-state index contributed by atoms with van der Waals surface area (Å²) in [5.41, 5.74) is 1.01. The summed E-state index contributed by atoms with van der Waals surface area (Å²) in [5.74, 6) is 0.0884. The predicted octanol–water partition coefficient (Wildman–Crippen LogP) is 5.08. The van der Waals surface area contributed by atoms with Crippen molar-refractivity contribution in [3.05, 3.63) is 66.1 Å². The number of alkyl halides is 3. The molecule has 126 valence electrons. The molecule has 0 atom stereocenters. The monoisotopic (exact) mass is 334 g/mol. The van der Waals surface area contributed by atoms with E-state index in [-0.39, 0.29) is 12.3 Å². The second kappa shape index (κ2) is 6.11. The number of halogens is 3. The van der Waals surface area contributed by atoms with Crippen molar-refractivity contribution in [2.24, 2.45) is 0 Å². The quantitative estimate of drug-likeness (QED) is 0.829. The van der Waals surface area contributed by atoms with Gasteiger partial charge in [0.15, 0.2) is 0 Å². The van der Waals surface area contributed by atoms with Gasteiger partial charge in [-0.2, -0.15) is 13.2 Å². The van der Waals surface area contributed by atoms with Crippen LogP contribution >= 0.6 is 0 Å². The van der Waals surface area contributed by atoms with E-state index in [9.17, 15) is 18.3 Å². The van der Waals surface area contributed by atoms with Gasteiger partial charge in [-0.25, -0.2) is 0 Å². The Morgan fingerprint density at radius 3 is 2.38 bits per heavy atom. The van der Waals surface area contributed by atoms with Crippen LogP contribution in [0.25, 0.3) is 0 Å². The zero-order chi connectivity index (χ0) is 17.3. The van der Waals surface area contributed by atoms with Gasteiger partial charge in [0.05, 0.1) is 23.5 Å². The van der Waals surface area contributed by atoms with E-state index in [0.717, 1.165) is 12.1 Å². The minimum atomic E-state index is -4.42. The van der Waals surface area contributed by atoms with Gasteiger partial charge in [0, 0.05) is 18.4 Å². The Balaban J connectivity index is 2.21. The van der Waals surface area contributed by atoms with Gasteiger partial charge in [0.1, 0.15) is 5.76 Å². The molecule has 1 N–H and O–H groups in total. The Labute approximate surface area is 138 Å². The lowest BCUT2D eigenvalue weighted by Crippen LogP contribution is -2.24. The third-order valence-corrected chi connectivity index (χ3v) is 3.95. The van der Waals surface area contributed by atoms with Gasteiger partial charge >= 0.3 is 6.18 Å². The van der Waals surface area contributed by atoms with E-state index in [4.69, 9.17) is 0 Å². The molecule has 2 aromatic carbocycles. The average molecular weight is 334 g/mol. The van der Waals surface area contributed by atoms with Crippen LogP contribution in [0.4, 0.5) is 30.2 Å². The average Bonchev–Trinajstić information content (AvgIpc) is 2.71. The summed E-state index contributed by atoms with van der Waals surface area (Å²) in [6, 6.07) is 12.7. The van der Waals surface area contributed by atoms with E-state index >= 15 is 0 Å². The molecular formula is C18H17F3N2O. The third kappa shape index (κ3) is 3.04. The molecular weight excluding hydrogens is 317 g/mol. The van der Waals surface area contributed by atoms with E-state index in [0.29, 0.717) is 23.6 Å². The molecule has 0 radical (unpaired) electrons. The summed E-state index contributed by atoms with van der Waals surface area (Å²) in [6.45, 7) is 2.71. The molecule has 1 aliphatic heterocycles. The van der Waals surface area contributed by atoms with Crippen molar-refractivity contribution >= 4 is 17.1 Å². The molecule has 0 bridgehead atoms. The minimum Gasteiger partial charge on any atom is -0.509 e. The largest absolute Gasteiger partial charge is 0.509 e. The molecule has 0 saturated carbocycles. The first-order valence-corrected chi connectivity index (χ1v) is 7.60. The lowest BCUT2D eigenvalue weighted by molar-refractivity contribution is -0.137. The summed E-state index contributed by atoms with van der Waals surface area (Å²) in [7, 11) is 0. The van der Waals surface area contributed by atoms with Crippen molar-refractivity contribution < 1.29 is 18.3 Å². The second-order valence-corrected chi connectivity index (χ2v) is 5.54. The standard InChI is InChI=1S/C18H17F3N2O/c1-2-22-11-15(24)12-23(14-6-4-3-5-7-14)17-10-13(18(19,20)21)8-9-16(17)22/h3-10,12,24H,2,11H2,1H3. The molecule has 0 amide bonds. The smallest absolute Gasteiger partial charge is 0.416 e. The number of para-hydroxylation sites is 1. The van der Waals surface area contributed by atoms with Crippen LogP contribution in [0.5, 0.6) is 0 Å². The molecule has 1 heterocycles. The third-order valence-electron chi connectivity index (χ3n) is 3.95. The van der Waals surface area contributed by atoms with Crippen LogP contribution in [0.2, 0.25) is 0 Å². The number of benzene rings is 2. The van der Waals surface area contributed by atoms with Crippen molar-refractivity contribution in [2.75, 3.05) is 22.9 Å². The number of anilines is 3. The van der Waals surface area contributed by atoms with Crippen molar-refractivity contribution in [1.29, 1.82) is 0 Å². The first-order chi connectivity index (χ1) is 11.4. The van der Waals surface area contributed by atoms with Gasteiger partial charge in [-0.15, -0.1) is 0 Å². The van der Waals surface area contributed by atoms with E-state index in [1.54, 1.807) is 29.2 Å². The molecule has 0 aromatic heterocycles. The summed E-state index contributed by atoms with van der Waals surface area (Å²) >= 11 is 0. The molecule has 0 aliphatic carbocycles. The van der Waals surface area contributed by atoms with Crippen LogP contribution in [-0.4, -0.2) is 18.2 Å². The van der Waals surface area contributed by atoms with E-state index in [1.165, 1.54) is 12.3 Å². The van der Waals surface area contributed by atoms with Gasteiger partial charge in [0.2, 0.25) is 0 Å². The first kappa shape index (κ1) is 16.2. The zero-order valence-electron chi connectivity index (χ0n) is 13.1. The van der Waals surface area contributed by atoms with Crippen LogP contribution in [0, 0.1) is 0 Å². The number of fused-ring (bicyclic) bond motifs is 1. The molecule has 2 aromatic rings. The van der Waals surface area contributed by atoms with Crippen molar-refractivity contribution in [3.63, 3.8) is 0 Å². The molecule has 1 aliphatic rings. The normalized spacial score (nSPS) is 14.9. The summed E-state index contributed by atoms with van der Waals surface area (Å²) in [6.07, 6.45) is -2.95. The Morgan fingerprint density at radius 1 is 1.04 bits per heavy atom. The second-order valence-electron chi connectivity index (χ2n) is 5.54. The van der Waals surface area contributed by atoms with Crippen LogP contribution < -0.4 is 9.80 Å². The summed E-state index contributed by atoms with van der Waals surface area (Å²) in [5, 5.41) is 10.2. The number of hydrogen-bond donors (Lipinski definition) is 1. The van der Waals surface area contributed by atoms with Crippen molar-refractivity contribution in [2.45, 2.75) is 13.1 Å². The van der Waals surface area contributed by atoms with Crippen molar-refractivity contribution in [3.8, 4) is 0 Å². The maximum atomic E-state index is 13.1. The zero-order valence-corrected chi connectivity index (χ0v) is 13.1. The Kier molecular flexibility index (Phi) is 4.13. The predicted molar refractivity (Wildman–Crippen MR) is 88.6 cm³/mol. The highest BCUT2D eigenvalue weighted by atomic mass is 19.4. The summed E-state index contributed by atoms with van der Waals surface area (Å²) < 4.78 is 39.4. The van der Waals surface area contributed by atoms with Gasteiger partial charge in [0.25, 0.3) is 0 Å². The molecule has 6 heteroatoms. The SMILES string of the molecule is CCN1CC(O)=CN(c2ccccc2)c2cc(C(F)(F)F)ccc21. The highest BCUT2D eigenvalue weighted by Crippen LogP contribution is 2.41. The van der Waals surface area contributed by atoms with Crippen LogP contribution in [0.1, 0.15) is 12.5 Å². The molecule has 0 saturated heterocycles. The van der Waals surface area contributed by atoms with Crippen molar-refractivity contribution in [1.82, 2.24) is 0 Å². The maximum absolute atomic E-state index is 13.1. The fourth-order valence-electron chi connectivity index (χ4n) is 2.78. The minimum absolute atomic E-state index is 0.0884. The lowest BCUT2D eigenvalue weighted by atomic mass is 10.1. The highest BCUT2D eigenvalue weighted by Gasteiger charge is 2.33. The topological polar surface area (TPSA) is 26.7 Å². The van der Waals surface area contributed by atoms with E-state index in [2.05, 4.69) is 0 Å². The molecule has 0 fully saturated rings. The van der Waals surface area contributed by atoms with Gasteiger partial charge in [-0.3, -0.25) is 0 Å². The van der Waals surface area contributed by atoms with Gasteiger partial charge < -0.3 is 14.9 Å². The number of nitrogens with zero attached hydrogens (tertiary/aromatic N) is 2. The Bertz CT molecular complexity index is 757. The van der Waals surface area contributed by atoms with E-state index in [1.807, 2.05) is 17.9 Å². The number of aliphatic hydroxyl groups excluding tert-OH is 1. The molecule has 0 spiro atoms. The Hall–Kier alpha value is -2.63. The van der Waals surface area contributed by atoms with E-state index < -0.39 is 11.7 Å². The Morgan fingerprint density at radius 2 is 1.75 bits per heavy atom. The number of rotatable bonds is 2.